The molecule has 1 aromatic rings. The Balaban J connectivity index is 0.00000141. The Hall–Kier alpha value is -1.38. The number of carboxylic acids is 1. The van der Waals surface area contributed by atoms with Crippen molar-refractivity contribution in [3.8, 4) is 0 Å². The summed E-state index contributed by atoms with van der Waals surface area (Å²) in [5, 5.41) is 8.89. The van der Waals surface area contributed by atoms with E-state index < -0.39 is 5.97 Å². The highest BCUT2D eigenvalue weighted by atomic mass is 16.4. The molecule has 0 saturated heterocycles. The lowest BCUT2D eigenvalue weighted by atomic mass is 10.1. The third-order valence-corrected chi connectivity index (χ3v) is 4.51. The Kier molecular flexibility index (Phi) is 17.4. The molecule has 0 bridgehead atoms. The van der Waals surface area contributed by atoms with Crippen molar-refractivity contribution >= 4 is 5.97 Å². The molecular weight excluding hydrogens is 322 g/mol. The van der Waals surface area contributed by atoms with E-state index in [1.54, 1.807) is 0 Å². The summed E-state index contributed by atoms with van der Waals surface area (Å²) < 4.78 is 2.38. The van der Waals surface area contributed by atoms with Gasteiger partial charge >= 0.3 is 0 Å². The Labute approximate surface area is 161 Å². The summed E-state index contributed by atoms with van der Waals surface area (Å²) in [6.07, 6.45) is 22.6. The molecule has 0 aliphatic heterocycles. The SMILES string of the molecule is CC(=O)[O-].CCCCCCCCCCCC[n+]1cccc(CCCC)c1. The second-order valence-electron chi connectivity index (χ2n) is 7.23. The zero-order valence-electron chi connectivity index (χ0n) is 17.5. The summed E-state index contributed by atoms with van der Waals surface area (Å²) >= 11 is 0. The molecule has 1 rings (SSSR count). The van der Waals surface area contributed by atoms with Crippen molar-refractivity contribution in [2.24, 2.45) is 0 Å². The van der Waals surface area contributed by atoms with E-state index in [9.17, 15) is 0 Å². The Morgan fingerprint density at radius 3 is 1.92 bits per heavy atom. The average Bonchev–Trinajstić information content (AvgIpc) is 2.61. The molecule has 0 amide bonds. The van der Waals surface area contributed by atoms with Gasteiger partial charge in [-0.15, -0.1) is 0 Å². The predicted molar refractivity (Wildman–Crippen MR) is 108 cm³/mol. The molecule has 0 radical (unpaired) electrons. The minimum atomic E-state index is -1.08. The zero-order chi connectivity index (χ0) is 19.5. The first-order valence-corrected chi connectivity index (χ1v) is 10.8. The number of unbranched alkanes of at least 4 members (excludes halogenated alkanes) is 10. The Morgan fingerprint density at radius 1 is 0.885 bits per heavy atom. The third-order valence-electron chi connectivity index (χ3n) is 4.51. The zero-order valence-corrected chi connectivity index (χ0v) is 17.5. The highest BCUT2D eigenvalue weighted by Crippen LogP contribution is 2.10. The lowest BCUT2D eigenvalue weighted by Gasteiger charge is -2.02. The Bertz CT molecular complexity index is 442. The van der Waals surface area contributed by atoms with E-state index in [1.165, 1.54) is 95.6 Å². The minimum absolute atomic E-state index is 0.972. The van der Waals surface area contributed by atoms with Gasteiger partial charge in [0, 0.05) is 24.0 Å². The molecule has 0 aliphatic carbocycles. The topological polar surface area (TPSA) is 44.0 Å². The second-order valence-corrected chi connectivity index (χ2v) is 7.23. The standard InChI is InChI=1S/C21H38N.C2H4O2/c1-3-5-7-8-9-10-11-12-13-14-18-22-19-15-17-21(20-22)16-6-4-2;1-2(3)4/h15,17,19-20H,3-14,16,18H2,1-2H3;1H3,(H,3,4)/q+1;/p-1. The van der Waals surface area contributed by atoms with Crippen molar-refractivity contribution in [3.63, 3.8) is 0 Å². The van der Waals surface area contributed by atoms with Crippen LogP contribution in [0.3, 0.4) is 0 Å². The molecule has 0 saturated carbocycles. The van der Waals surface area contributed by atoms with Crippen LogP contribution in [0.15, 0.2) is 24.5 Å². The van der Waals surface area contributed by atoms with Crippen LogP contribution in [-0.2, 0) is 17.8 Å². The van der Waals surface area contributed by atoms with Crippen LogP contribution in [-0.4, -0.2) is 5.97 Å². The molecule has 150 valence electrons. The van der Waals surface area contributed by atoms with Gasteiger partial charge in [-0.2, -0.15) is 0 Å². The largest absolute Gasteiger partial charge is 0.550 e. The monoisotopic (exact) mass is 363 g/mol. The van der Waals surface area contributed by atoms with Crippen molar-refractivity contribution < 1.29 is 14.5 Å². The Morgan fingerprint density at radius 2 is 1.38 bits per heavy atom. The fraction of sp³-hybridized carbons (Fsp3) is 0.739. The maximum absolute atomic E-state index is 8.89. The summed E-state index contributed by atoms with van der Waals surface area (Å²) in [5.41, 5.74) is 1.50. The predicted octanol–water partition coefficient (Wildman–Crippen LogP) is 4.99. The van der Waals surface area contributed by atoms with Gasteiger partial charge in [-0.05, 0) is 32.3 Å². The first kappa shape index (κ1) is 24.6. The molecule has 0 spiro atoms. The van der Waals surface area contributed by atoms with Crippen LogP contribution >= 0.6 is 0 Å². The van der Waals surface area contributed by atoms with Crippen molar-refractivity contribution in [2.75, 3.05) is 0 Å². The van der Waals surface area contributed by atoms with Crippen LogP contribution in [0.1, 0.15) is 103 Å². The molecule has 0 fully saturated rings. The maximum Gasteiger partial charge on any atom is 0.171 e. The highest BCUT2D eigenvalue weighted by Gasteiger charge is 2.02. The van der Waals surface area contributed by atoms with Crippen LogP contribution in [0.4, 0.5) is 0 Å². The molecule has 0 aromatic carbocycles. The number of aliphatic carboxylic acids is 1. The molecule has 0 N–H and O–H groups in total. The van der Waals surface area contributed by atoms with E-state index in [4.69, 9.17) is 9.90 Å². The number of carbonyl (C=O) groups excluding carboxylic acids is 1. The minimum Gasteiger partial charge on any atom is -0.550 e. The van der Waals surface area contributed by atoms with Gasteiger partial charge in [-0.3, -0.25) is 0 Å². The molecular formula is C23H41NO2. The lowest BCUT2D eigenvalue weighted by molar-refractivity contribution is -0.697. The van der Waals surface area contributed by atoms with Crippen LogP contribution < -0.4 is 9.67 Å². The number of rotatable bonds is 14. The van der Waals surface area contributed by atoms with Gasteiger partial charge in [-0.1, -0.05) is 71.6 Å². The van der Waals surface area contributed by atoms with E-state index in [1.807, 2.05) is 0 Å². The third kappa shape index (κ3) is 17.4. The van der Waals surface area contributed by atoms with Gasteiger partial charge in [0.2, 0.25) is 0 Å². The van der Waals surface area contributed by atoms with Gasteiger partial charge in [-0.25, -0.2) is 4.57 Å². The fourth-order valence-corrected chi connectivity index (χ4v) is 3.03. The normalized spacial score (nSPS) is 10.3. The van der Waals surface area contributed by atoms with Gasteiger partial charge in [0.25, 0.3) is 0 Å². The number of pyridine rings is 1. The number of carboxylic acid groups (broad SMARTS) is 1. The van der Waals surface area contributed by atoms with Crippen molar-refractivity contribution in [1.29, 1.82) is 0 Å². The van der Waals surface area contributed by atoms with E-state index in [-0.39, 0.29) is 0 Å². The molecule has 0 aliphatic rings. The lowest BCUT2D eigenvalue weighted by Crippen LogP contribution is -2.33. The highest BCUT2D eigenvalue weighted by molar-refractivity contribution is 5.60. The van der Waals surface area contributed by atoms with Gasteiger partial charge in [0.1, 0.15) is 6.54 Å². The van der Waals surface area contributed by atoms with Crippen molar-refractivity contribution in [3.05, 3.63) is 30.1 Å². The van der Waals surface area contributed by atoms with E-state index >= 15 is 0 Å². The maximum atomic E-state index is 8.89. The molecule has 0 atom stereocenters. The average molecular weight is 364 g/mol. The van der Waals surface area contributed by atoms with E-state index in [0.717, 1.165) is 6.92 Å². The van der Waals surface area contributed by atoms with Crippen LogP contribution in [0.5, 0.6) is 0 Å². The molecule has 1 heterocycles. The molecule has 26 heavy (non-hydrogen) atoms. The van der Waals surface area contributed by atoms with E-state index in [0.29, 0.717) is 0 Å². The van der Waals surface area contributed by atoms with Crippen LogP contribution in [0.2, 0.25) is 0 Å². The summed E-state index contributed by atoms with van der Waals surface area (Å²) in [5.74, 6) is -1.08. The van der Waals surface area contributed by atoms with Crippen LogP contribution in [0, 0.1) is 0 Å². The number of aromatic nitrogens is 1. The second kappa shape index (κ2) is 18.4. The number of hydrogen-bond acceptors (Lipinski definition) is 2. The molecule has 3 nitrogen and oxygen atoms in total. The van der Waals surface area contributed by atoms with Crippen molar-refractivity contribution in [1.82, 2.24) is 0 Å². The van der Waals surface area contributed by atoms with Gasteiger partial charge < -0.3 is 9.90 Å². The number of aryl methyl sites for hydroxylation is 2. The van der Waals surface area contributed by atoms with E-state index in [2.05, 4.69) is 42.9 Å². The molecule has 3 heteroatoms. The summed E-state index contributed by atoms with van der Waals surface area (Å²) in [6.45, 7) is 6.72. The van der Waals surface area contributed by atoms with Crippen LogP contribution in [0.25, 0.3) is 0 Å². The fourth-order valence-electron chi connectivity index (χ4n) is 3.03. The first-order chi connectivity index (χ1) is 12.6. The first-order valence-electron chi connectivity index (χ1n) is 10.8. The summed E-state index contributed by atoms with van der Waals surface area (Å²) in [6, 6.07) is 4.48. The molecule has 0 unspecified atom stereocenters. The number of hydrogen-bond donors (Lipinski definition) is 0. The number of carbonyl (C=O) groups is 1. The van der Waals surface area contributed by atoms with Gasteiger partial charge in [0.15, 0.2) is 12.4 Å². The van der Waals surface area contributed by atoms with Crippen molar-refractivity contribution in [2.45, 2.75) is 111 Å². The molecule has 1 aromatic heterocycles. The summed E-state index contributed by atoms with van der Waals surface area (Å²) in [7, 11) is 0. The summed E-state index contributed by atoms with van der Waals surface area (Å²) in [4.78, 5) is 8.89. The van der Waals surface area contributed by atoms with Gasteiger partial charge in [0.05, 0.1) is 0 Å². The smallest absolute Gasteiger partial charge is 0.171 e. The number of nitrogens with zero attached hydrogens (tertiary/aromatic N) is 1. The quantitative estimate of drug-likeness (QED) is 0.345.